The molecular formula is C25H28N2O6. The van der Waals surface area contributed by atoms with E-state index in [1.165, 1.54) is 12.0 Å². The Bertz CT molecular complexity index is 1070. The smallest absolute Gasteiger partial charge is 0.312 e. The van der Waals surface area contributed by atoms with Crippen LogP contribution in [-0.2, 0) is 25.5 Å². The third-order valence-corrected chi connectivity index (χ3v) is 6.15. The molecule has 1 saturated heterocycles. The third kappa shape index (κ3) is 4.51. The molecule has 2 aliphatic heterocycles. The summed E-state index contributed by atoms with van der Waals surface area (Å²) in [6.07, 6.45) is 0.854. The Morgan fingerprint density at radius 1 is 1.06 bits per heavy atom. The lowest BCUT2D eigenvalue weighted by Gasteiger charge is -2.31. The van der Waals surface area contributed by atoms with Crippen molar-refractivity contribution in [3.05, 3.63) is 48.0 Å². The third-order valence-electron chi connectivity index (χ3n) is 6.15. The van der Waals surface area contributed by atoms with E-state index in [9.17, 15) is 14.4 Å². The molecule has 1 fully saturated rings. The molecule has 33 heavy (non-hydrogen) atoms. The number of aryl methyl sites for hydroxylation is 1. The van der Waals surface area contributed by atoms with E-state index < -0.39 is 18.0 Å². The molecule has 174 valence electrons. The van der Waals surface area contributed by atoms with Crippen LogP contribution in [0.15, 0.2) is 42.5 Å². The van der Waals surface area contributed by atoms with Gasteiger partial charge in [-0.2, -0.15) is 0 Å². The highest BCUT2D eigenvalue weighted by molar-refractivity contribution is 6.02. The molecule has 2 atom stereocenters. The Balaban J connectivity index is 1.42. The summed E-state index contributed by atoms with van der Waals surface area (Å²) in [6.45, 7) is 2.33. The van der Waals surface area contributed by atoms with Crippen molar-refractivity contribution in [3.8, 4) is 11.5 Å². The number of anilines is 2. The minimum Gasteiger partial charge on any atom is -0.497 e. The fraction of sp³-hybridized carbons (Fsp3) is 0.400. The number of benzene rings is 2. The Morgan fingerprint density at radius 3 is 2.61 bits per heavy atom. The van der Waals surface area contributed by atoms with Gasteiger partial charge in [0.15, 0.2) is 6.10 Å². The van der Waals surface area contributed by atoms with Gasteiger partial charge in [0, 0.05) is 31.3 Å². The summed E-state index contributed by atoms with van der Waals surface area (Å²) < 4.78 is 16.1. The molecule has 2 aromatic carbocycles. The summed E-state index contributed by atoms with van der Waals surface area (Å²) in [7, 11) is 3.06. The molecule has 0 radical (unpaired) electrons. The molecule has 2 aliphatic rings. The van der Waals surface area contributed by atoms with Gasteiger partial charge in [0.25, 0.3) is 5.91 Å². The maximum atomic E-state index is 13.0. The van der Waals surface area contributed by atoms with Gasteiger partial charge in [-0.3, -0.25) is 14.4 Å². The monoisotopic (exact) mass is 452 g/mol. The Hall–Kier alpha value is -3.55. The van der Waals surface area contributed by atoms with Crippen molar-refractivity contribution < 1.29 is 28.6 Å². The van der Waals surface area contributed by atoms with Crippen LogP contribution in [0.4, 0.5) is 11.4 Å². The average Bonchev–Trinajstić information content (AvgIpc) is 3.24. The van der Waals surface area contributed by atoms with Crippen LogP contribution in [0.2, 0.25) is 0 Å². The van der Waals surface area contributed by atoms with Crippen molar-refractivity contribution in [2.45, 2.75) is 32.3 Å². The number of rotatable bonds is 6. The van der Waals surface area contributed by atoms with Gasteiger partial charge in [0.1, 0.15) is 11.5 Å². The number of nitrogens with zero attached hydrogens (tertiary/aromatic N) is 2. The number of methoxy groups -OCH3 is 2. The normalized spacial score (nSPS) is 18.5. The number of hydrogen-bond donors (Lipinski definition) is 0. The zero-order valence-electron chi connectivity index (χ0n) is 19.1. The second kappa shape index (κ2) is 9.52. The lowest BCUT2D eigenvalue weighted by Crippen LogP contribution is -2.43. The quantitative estimate of drug-likeness (QED) is 0.627. The Morgan fingerprint density at radius 2 is 1.85 bits per heavy atom. The molecular weight excluding hydrogens is 424 g/mol. The van der Waals surface area contributed by atoms with Crippen LogP contribution in [0.25, 0.3) is 0 Å². The zero-order chi connectivity index (χ0) is 23.5. The van der Waals surface area contributed by atoms with E-state index >= 15 is 0 Å². The van der Waals surface area contributed by atoms with Crippen LogP contribution >= 0.6 is 0 Å². The van der Waals surface area contributed by atoms with Crippen molar-refractivity contribution in [1.82, 2.24) is 0 Å². The predicted octanol–water partition coefficient (Wildman–Crippen LogP) is 2.97. The van der Waals surface area contributed by atoms with Gasteiger partial charge in [-0.1, -0.05) is 18.2 Å². The van der Waals surface area contributed by atoms with Crippen LogP contribution in [0.3, 0.4) is 0 Å². The number of hydrogen-bond acceptors (Lipinski definition) is 6. The summed E-state index contributed by atoms with van der Waals surface area (Å²) >= 11 is 0. The van der Waals surface area contributed by atoms with Gasteiger partial charge in [-0.25, -0.2) is 0 Å². The van der Waals surface area contributed by atoms with Crippen molar-refractivity contribution in [2.24, 2.45) is 5.92 Å². The second-order valence-electron chi connectivity index (χ2n) is 8.24. The molecule has 8 heteroatoms. The van der Waals surface area contributed by atoms with E-state index in [0.29, 0.717) is 23.7 Å². The van der Waals surface area contributed by atoms with E-state index in [2.05, 4.69) is 0 Å². The summed E-state index contributed by atoms with van der Waals surface area (Å²) in [5, 5.41) is 0. The topological polar surface area (TPSA) is 85.4 Å². The van der Waals surface area contributed by atoms with Gasteiger partial charge in [-0.15, -0.1) is 0 Å². The largest absolute Gasteiger partial charge is 0.497 e. The molecule has 0 bridgehead atoms. The molecule has 0 aromatic heterocycles. The first kappa shape index (κ1) is 22.6. The van der Waals surface area contributed by atoms with E-state index in [4.69, 9.17) is 14.2 Å². The molecule has 0 saturated carbocycles. The van der Waals surface area contributed by atoms with Gasteiger partial charge in [-0.05, 0) is 43.5 Å². The highest BCUT2D eigenvalue weighted by Gasteiger charge is 2.39. The first-order valence-electron chi connectivity index (χ1n) is 11.0. The second-order valence-corrected chi connectivity index (χ2v) is 8.24. The minimum atomic E-state index is -0.941. The van der Waals surface area contributed by atoms with Gasteiger partial charge in [0.2, 0.25) is 5.91 Å². The highest BCUT2D eigenvalue weighted by Crippen LogP contribution is 2.36. The molecule has 2 heterocycles. The standard InChI is InChI=1S/C25H28N2O6/c1-16(24(29)26-12-6-8-17-7-4-5-9-20(17)26)33-25(30)18-13-23(28)27(15-18)21-11-10-19(31-2)14-22(21)32-3/h4-5,7,9-11,14,16,18H,6,8,12-13,15H2,1-3H3/t16-,18+/m0/s1. The molecule has 2 aromatic rings. The zero-order valence-corrected chi connectivity index (χ0v) is 19.1. The van der Waals surface area contributed by atoms with Gasteiger partial charge in [0.05, 0.1) is 25.8 Å². The molecule has 8 nitrogen and oxygen atoms in total. The summed E-state index contributed by atoms with van der Waals surface area (Å²) in [5.74, 6) is -0.593. The highest BCUT2D eigenvalue weighted by atomic mass is 16.5. The molecule has 2 amide bonds. The van der Waals surface area contributed by atoms with Crippen molar-refractivity contribution in [1.29, 1.82) is 0 Å². The summed E-state index contributed by atoms with van der Waals surface area (Å²) in [6, 6.07) is 12.9. The van der Waals surface area contributed by atoms with Gasteiger partial charge >= 0.3 is 5.97 Å². The molecule has 0 aliphatic carbocycles. The number of carbonyl (C=O) groups excluding carboxylic acids is 3. The van der Waals surface area contributed by atoms with E-state index in [-0.39, 0.29) is 24.8 Å². The van der Waals surface area contributed by atoms with Crippen LogP contribution in [-0.4, -0.2) is 51.2 Å². The summed E-state index contributed by atoms with van der Waals surface area (Å²) in [4.78, 5) is 41.8. The maximum absolute atomic E-state index is 13.0. The predicted molar refractivity (Wildman–Crippen MR) is 123 cm³/mol. The van der Waals surface area contributed by atoms with Crippen molar-refractivity contribution >= 4 is 29.2 Å². The minimum absolute atomic E-state index is 0.0154. The fourth-order valence-corrected chi connectivity index (χ4v) is 4.41. The summed E-state index contributed by atoms with van der Waals surface area (Å²) in [5.41, 5.74) is 2.54. The first-order chi connectivity index (χ1) is 15.9. The van der Waals surface area contributed by atoms with Crippen LogP contribution < -0.4 is 19.3 Å². The van der Waals surface area contributed by atoms with Crippen LogP contribution in [0.5, 0.6) is 11.5 Å². The van der Waals surface area contributed by atoms with E-state index in [1.807, 2.05) is 24.3 Å². The number of amides is 2. The Labute approximate surface area is 193 Å². The molecule has 0 spiro atoms. The van der Waals surface area contributed by atoms with E-state index in [1.54, 1.807) is 37.1 Å². The average molecular weight is 453 g/mol. The first-order valence-corrected chi connectivity index (χ1v) is 11.0. The number of esters is 1. The molecule has 0 N–H and O–H groups in total. The van der Waals surface area contributed by atoms with Crippen molar-refractivity contribution in [3.63, 3.8) is 0 Å². The maximum Gasteiger partial charge on any atom is 0.312 e. The Kier molecular flexibility index (Phi) is 6.53. The number of fused-ring (bicyclic) bond motifs is 1. The lowest BCUT2D eigenvalue weighted by molar-refractivity contribution is -0.157. The lowest BCUT2D eigenvalue weighted by atomic mass is 10.0. The fourth-order valence-electron chi connectivity index (χ4n) is 4.41. The molecule has 4 rings (SSSR count). The molecule has 0 unspecified atom stereocenters. The van der Waals surface area contributed by atoms with Crippen molar-refractivity contribution in [2.75, 3.05) is 37.1 Å². The van der Waals surface area contributed by atoms with Crippen LogP contribution in [0.1, 0.15) is 25.3 Å². The number of para-hydroxylation sites is 1. The van der Waals surface area contributed by atoms with E-state index in [0.717, 1.165) is 24.1 Å². The van der Waals surface area contributed by atoms with Crippen LogP contribution in [0, 0.1) is 5.92 Å². The SMILES string of the molecule is COc1ccc(N2C[C@H](C(=O)O[C@@H](C)C(=O)N3CCCc4ccccc43)CC2=O)c(OC)c1. The number of carbonyl (C=O) groups is 3. The van der Waals surface area contributed by atoms with Gasteiger partial charge < -0.3 is 24.0 Å². The number of ether oxygens (including phenoxy) is 3.